The molecule has 4 nitrogen and oxygen atoms in total. The molecule has 0 heterocycles. The minimum absolute atomic E-state index is 0.0659. The number of hydrogen-bond donors (Lipinski definition) is 0. The minimum atomic E-state index is -0.762. The van der Waals surface area contributed by atoms with E-state index in [9.17, 15) is 4.79 Å². The second-order valence-electron chi connectivity index (χ2n) is 3.73. The molecule has 0 saturated heterocycles. The molecule has 1 aromatic carbocycles. The Balaban J connectivity index is 2.60. The summed E-state index contributed by atoms with van der Waals surface area (Å²) in [5.41, 5.74) is 0.921. The molecule has 1 rings (SSSR count). The number of Topliss-reactive ketones (excluding diaryl/α,β-unsaturated/α-hetero) is 1. The normalized spacial score (nSPS) is 10.7. The second kappa shape index (κ2) is 7.84. The van der Waals surface area contributed by atoms with E-state index in [0.29, 0.717) is 19.6 Å². The van der Waals surface area contributed by atoms with Crippen LogP contribution in [0.4, 0.5) is 0 Å². The van der Waals surface area contributed by atoms with Crippen LogP contribution in [0.25, 0.3) is 0 Å². The van der Waals surface area contributed by atoms with Crippen molar-refractivity contribution in [1.82, 2.24) is 0 Å². The van der Waals surface area contributed by atoms with Crippen LogP contribution in [0.1, 0.15) is 19.4 Å². The summed E-state index contributed by atoms with van der Waals surface area (Å²) in [7, 11) is 1.61. The van der Waals surface area contributed by atoms with Gasteiger partial charge in [-0.2, -0.15) is 0 Å². The molecule has 0 spiro atoms. The molecule has 0 aliphatic rings. The van der Waals surface area contributed by atoms with Crippen LogP contribution in [0.2, 0.25) is 0 Å². The predicted octanol–water partition coefficient (Wildman–Crippen LogP) is 2.21. The van der Waals surface area contributed by atoms with E-state index >= 15 is 0 Å². The Bertz CT molecular complexity index is 353. The van der Waals surface area contributed by atoms with E-state index in [1.807, 2.05) is 38.1 Å². The highest BCUT2D eigenvalue weighted by Crippen LogP contribution is 2.13. The quantitative estimate of drug-likeness (QED) is 0.665. The maximum Gasteiger partial charge on any atom is 0.218 e. The minimum Gasteiger partial charge on any atom is -0.497 e. The zero-order valence-electron chi connectivity index (χ0n) is 11.1. The van der Waals surface area contributed by atoms with Gasteiger partial charge in [0, 0.05) is 19.6 Å². The summed E-state index contributed by atoms with van der Waals surface area (Å²) >= 11 is 0. The van der Waals surface area contributed by atoms with Gasteiger partial charge < -0.3 is 14.2 Å². The van der Waals surface area contributed by atoms with Gasteiger partial charge in [-0.05, 0) is 31.5 Å². The lowest BCUT2D eigenvalue weighted by Gasteiger charge is -2.15. The average molecular weight is 252 g/mol. The number of benzene rings is 1. The van der Waals surface area contributed by atoms with Crippen LogP contribution >= 0.6 is 0 Å². The van der Waals surface area contributed by atoms with Crippen LogP contribution in [0.5, 0.6) is 5.75 Å². The molecule has 1 aromatic rings. The smallest absolute Gasteiger partial charge is 0.218 e. The van der Waals surface area contributed by atoms with E-state index in [1.165, 1.54) is 0 Å². The lowest BCUT2D eigenvalue weighted by atomic mass is 10.1. The highest BCUT2D eigenvalue weighted by atomic mass is 16.7. The first-order chi connectivity index (χ1) is 8.71. The average Bonchev–Trinajstić information content (AvgIpc) is 2.39. The molecular weight excluding hydrogens is 232 g/mol. The summed E-state index contributed by atoms with van der Waals surface area (Å²) < 4.78 is 15.6. The molecular formula is C14H20O4. The molecule has 0 bridgehead atoms. The lowest BCUT2D eigenvalue weighted by Crippen LogP contribution is -2.29. The molecule has 0 aliphatic heterocycles. The molecule has 0 saturated carbocycles. The molecule has 0 radical (unpaired) electrons. The zero-order chi connectivity index (χ0) is 13.4. The first-order valence-corrected chi connectivity index (χ1v) is 6.10. The van der Waals surface area contributed by atoms with Gasteiger partial charge in [0.25, 0.3) is 0 Å². The zero-order valence-corrected chi connectivity index (χ0v) is 11.1. The van der Waals surface area contributed by atoms with E-state index in [2.05, 4.69) is 0 Å². The van der Waals surface area contributed by atoms with Crippen molar-refractivity contribution in [2.45, 2.75) is 26.6 Å². The third kappa shape index (κ3) is 4.47. The molecule has 0 unspecified atom stereocenters. The Morgan fingerprint density at radius 1 is 1.11 bits per heavy atom. The topological polar surface area (TPSA) is 44.8 Å². The van der Waals surface area contributed by atoms with Crippen LogP contribution in [0, 0.1) is 0 Å². The van der Waals surface area contributed by atoms with Gasteiger partial charge in [-0.1, -0.05) is 12.1 Å². The fraction of sp³-hybridized carbons (Fsp3) is 0.500. The van der Waals surface area contributed by atoms with E-state index in [1.54, 1.807) is 7.11 Å². The Hall–Kier alpha value is -1.39. The van der Waals surface area contributed by atoms with E-state index in [0.717, 1.165) is 11.3 Å². The van der Waals surface area contributed by atoms with Crippen molar-refractivity contribution in [1.29, 1.82) is 0 Å². The number of methoxy groups -OCH3 is 1. The molecule has 0 aliphatic carbocycles. The monoisotopic (exact) mass is 252 g/mol. The SMILES string of the molecule is CCOC(OCC)C(=O)Cc1ccc(OC)cc1. The van der Waals surface area contributed by atoms with Crippen molar-refractivity contribution >= 4 is 5.78 Å². The Morgan fingerprint density at radius 2 is 1.67 bits per heavy atom. The Kier molecular flexibility index (Phi) is 6.39. The van der Waals surface area contributed by atoms with Crippen LogP contribution < -0.4 is 4.74 Å². The molecule has 0 N–H and O–H groups in total. The third-order valence-electron chi connectivity index (χ3n) is 2.44. The number of hydrogen-bond acceptors (Lipinski definition) is 4. The fourth-order valence-electron chi connectivity index (χ4n) is 1.56. The van der Waals surface area contributed by atoms with Crippen LogP contribution in [-0.4, -0.2) is 32.4 Å². The summed E-state index contributed by atoms with van der Waals surface area (Å²) in [5.74, 6) is 0.709. The molecule has 4 heteroatoms. The van der Waals surface area contributed by atoms with Gasteiger partial charge in [-0.15, -0.1) is 0 Å². The third-order valence-corrected chi connectivity index (χ3v) is 2.44. The van der Waals surface area contributed by atoms with E-state index in [-0.39, 0.29) is 5.78 Å². The fourth-order valence-corrected chi connectivity index (χ4v) is 1.56. The Morgan fingerprint density at radius 3 is 2.11 bits per heavy atom. The molecule has 100 valence electrons. The summed E-state index contributed by atoms with van der Waals surface area (Å²) in [6, 6.07) is 7.40. The number of ketones is 1. The van der Waals surface area contributed by atoms with Gasteiger partial charge in [0.05, 0.1) is 7.11 Å². The lowest BCUT2D eigenvalue weighted by molar-refractivity contribution is -0.167. The standard InChI is InChI=1S/C14H20O4/c1-4-17-14(18-5-2)13(15)10-11-6-8-12(16-3)9-7-11/h6-9,14H,4-5,10H2,1-3H3. The summed E-state index contributed by atoms with van der Waals surface area (Å²) in [6.45, 7) is 4.59. The van der Waals surface area contributed by atoms with Gasteiger partial charge in [-0.3, -0.25) is 4.79 Å². The van der Waals surface area contributed by atoms with E-state index < -0.39 is 6.29 Å². The van der Waals surface area contributed by atoms with Gasteiger partial charge in [0.1, 0.15) is 5.75 Å². The first-order valence-electron chi connectivity index (χ1n) is 6.10. The Labute approximate surface area is 108 Å². The van der Waals surface area contributed by atoms with Crippen molar-refractivity contribution in [2.75, 3.05) is 20.3 Å². The van der Waals surface area contributed by atoms with Crippen molar-refractivity contribution < 1.29 is 19.0 Å². The van der Waals surface area contributed by atoms with Gasteiger partial charge in [0.15, 0.2) is 5.78 Å². The maximum absolute atomic E-state index is 12.0. The highest BCUT2D eigenvalue weighted by Gasteiger charge is 2.18. The summed E-state index contributed by atoms with van der Waals surface area (Å²) in [5, 5.41) is 0. The molecule has 0 fully saturated rings. The van der Waals surface area contributed by atoms with Gasteiger partial charge >= 0.3 is 0 Å². The number of ether oxygens (including phenoxy) is 3. The van der Waals surface area contributed by atoms with Crippen LogP contribution in [-0.2, 0) is 20.7 Å². The van der Waals surface area contributed by atoms with Crippen molar-refractivity contribution in [3.05, 3.63) is 29.8 Å². The second-order valence-corrected chi connectivity index (χ2v) is 3.73. The number of rotatable bonds is 8. The summed E-state index contributed by atoms with van der Waals surface area (Å²) in [4.78, 5) is 12.0. The van der Waals surface area contributed by atoms with Gasteiger partial charge in [-0.25, -0.2) is 0 Å². The van der Waals surface area contributed by atoms with Crippen molar-refractivity contribution in [3.8, 4) is 5.75 Å². The van der Waals surface area contributed by atoms with Gasteiger partial charge in [0.2, 0.25) is 6.29 Å². The molecule has 18 heavy (non-hydrogen) atoms. The van der Waals surface area contributed by atoms with Crippen molar-refractivity contribution in [3.63, 3.8) is 0 Å². The maximum atomic E-state index is 12.0. The number of carbonyl (C=O) groups excluding carboxylic acids is 1. The highest BCUT2D eigenvalue weighted by molar-refractivity contribution is 5.84. The van der Waals surface area contributed by atoms with Crippen molar-refractivity contribution in [2.24, 2.45) is 0 Å². The summed E-state index contributed by atoms with van der Waals surface area (Å²) in [6.07, 6.45) is -0.462. The largest absolute Gasteiger partial charge is 0.497 e. The molecule has 0 atom stereocenters. The number of carbonyl (C=O) groups is 1. The molecule has 0 amide bonds. The predicted molar refractivity (Wildman–Crippen MR) is 68.7 cm³/mol. The molecule has 0 aromatic heterocycles. The first kappa shape index (κ1) is 14.7. The van der Waals surface area contributed by atoms with Crippen LogP contribution in [0.15, 0.2) is 24.3 Å². The van der Waals surface area contributed by atoms with Crippen LogP contribution in [0.3, 0.4) is 0 Å². The van der Waals surface area contributed by atoms with E-state index in [4.69, 9.17) is 14.2 Å².